The van der Waals surface area contributed by atoms with E-state index in [1.165, 1.54) is 5.56 Å². The summed E-state index contributed by atoms with van der Waals surface area (Å²) in [5.41, 5.74) is 1.78. The first-order chi connectivity index (χ1) is 7.57. The third kappa shape index (κ3) is 2.03. The fourth-order valence-corrected chi connectivity index (χ4v) is 2.88. The van der Waals surface area contributed by atoms with Gasteiger partial charge in [0.15, 0.2) is 0 Å². The number of nitrogens with one attached hydrogen (secondary N) is 1. The SMILES string of the molecule is CCc1cc(Br)c(F)c(C2(C)CCCN2)c1. The zero-order valence-corrected chi connectivity index (χ0v) is 11.3. The van der Waals surface area contributed by atoms with Crippen LogP contribution in [-0.4, -0.2) is 6.54 Å². The van der Waals surface area contributed by atoms with Crippen LogP contribution in [0.25, 0.3) is 0 Å². The summed E-state index contributed by atoms with van der Waals surface area (Å²) in [6.45, 7) is 5.15. The molecule has 1 nitrogen and oxygen atoms in total. The van der Waals surface area contributed by atoms with E-state index >= 15 is 0 Å². The first-order valence-corrected chi connectivity index (χ1v) is 6.59. The van der Waals surface area contributed by atoms with Gasteiger partial charge in [0.05, 0.1) is 4.47 Å². The van der Waals surface area contributed by atoms with Gasteiger partial charge in [-0.25, -0.2) is 4.39 Å². The fraction of sp³-hybridized carbons (Fsp3) is 0.538. The van der Waals surface area contributed by atoms with Crippen molar-refractivity contribution in [1.29, 1.82) is 0 Å². The monoisotopic (exact) mass is 285 g/mol. The largest absolute Gasteiger partial charge is 0.308 e. The molecule has 0 aliphatic carbocycles. The van der Waals surface area contributed by atoms with Gasteiger partial charge in [0, 0.05) is 11.1 Å². The highest BCUT2D eigenvalue weighted by Gasteiger charge is 2.33. The third-order valence-corrected chi connectivity index (χ3v) is 4.04. The van der Waals surface area contributed by atoms with Gasteiger partial charge in [0.25, 0.3) is 0 Å². The van der Waals surface area contributed by atoms with E-state index in [4.69, 9.17) is 0 Å². The Kier molecular flexibility index (Phi) is 3.36. The van der Waals surface area contributed by atoms with Crippen LogP contribution in [-0.2, 0) is 12.0 Å². The molecular formula is C13H17BrFN. The minimum atomic E-state index is -0.197. The van der Waals surface area contributed by atoms with Crippen molar-refractivity contribution in [1.82, 2.24) is 5.32 Å². The van der Waals surface area contributed by atoms with E-state index in [9.17, 15) is 4.39 Å². The lowest BCUT2D eigenvalue weighted by molar-refractivity contribution is 0.409. The van der Waals surface area contributed by atoms with Crippen molar-refractivity contribution in [2.24, 2.45) is 0 Å². The van der Waals surface area contributed by atoms with E-state index in [2.05, 4.69) is 35.1 Å². The molecule has 88 valence electrons. The highest BCUT2D eigenvalue weighted by atomic mass is 79.9. The number of halogens is 2. The Morgan fingerprint density at radius 3 is 2.81 bits per heavy atom. The Balaban J connectivity index is 2.50. The quantitative estimate of drug-likeness (QED) is 0.873. The molecule has 0 radical (unpaired) electrons. The van der Waals surface area contributed by atoms with Gasteiger partial charge in [-0.2, -0.15) is 0 Å². The Hall–Kier alpha value is -0.410. The predicted molar refractivity (Wildman–Crippen MR) is 68.1 cm³/mol. The zero-order chi connectivity index (χ0) is 11.8. The lowest BCUT2D eigenvalue weighted by Gasteiger charge is -2.26. The van der Waals surface area contributed by atoms with E-state index in [-0.39, 0.29) is 11.4 Å². The van der Waals surface area contributed by atoms with Gasteiger partial charge in [-0.05, 0) is 60.3 Å². The van der Waals surface area contributed by atoms with Crippen molar-refractivity contribution in [2.45, 2.75) is 38.6 Å². The second-order valence-corrected chi connectivity index (χ2v) is 5.51. The summed E-state index contributed by atoms with van der Waals surface area (Å²) in [5.74, 6) is -0.117. The Labute approximate surface area is 105 Å². The molecule has 1 aliphatic rings. The lowest BCUT2D eigenvalue weighted by Crippen LogP contribution is -2.34. The molecule has 1 aliphatic heterocycles. The molecule has 0 spiro atoms. The molecule has 1 aromatic carbocycles. The van der Waals surface area contributed by atoms with Crippen molar-refractivity contribution in [3.8, 4) is 0 Å². The van der Waals surface area contributed by atoms with Crippen molar-refractivity contribution in [3.63, 3.8) is 0 Å². The van der Waals surface area contributed by atoms with Crippen LogP contribution < -0.4 is 5.32 Å². The van der Waals surface area contributed by atoms with Gasteiger partial charge < -0.3 is 5.32 Å². The standard InChI is InChI=1S/C13H17BrFN/c1-3-9-7-10(12(15)11(14)8-9)13(2)5-4-6-16-13/h7-8,16H,3-6H2,1-2H3. The molecule has 0 amide bonds. The summed E-state index contributed by atoms with van der Waals surface area (Å²) < 4.78 is 14.7. The van der Waals surface area contributed by atoms with Crippen molar-refractivity contribution in [2.75, 3.05) is 6.54 Å². The highest BCUT2D eigenvalue weighted by molar-refractivity contribution is 9.10. The van der Waals surface area contributed by atoms with Crippen LogP contribution in [0.3, 0.4) is 0 Å². The highest BCUT2D eigenvalue weighted by Crippen LogP contribution is 2.35. The summed E-state index contributed by atoms with van der Waals surface area (Å²) in [6.07, 6.45) is 3.05. The van der Waals surface area contributed by atoms with Crippen molar-refractivity contribution in [3.05, 3.63) is 33.5 Å². The summed E-state index contributed by atoms with van der Waals surface area (Å²) in [5, 5.41) is 3.41. The molecule has 0 bridgehead atoms. The fourth-order valence-electron chi connectivity index (χ4n) is 2.38. The molecule has 1 heterocycles. The molecule has 0 saturated carbocycles. The number of hydrogen-bond acceptors (Lipinski definition) is 1. The molecule has 1 saturated heterocycles. The molecule has 3 heteroatoms. The topological polar surface area (TPSA) is 12.0 Å². The average molecular weight is 286 g/mol. The molecule has 0 aromatic heterocycles. The maximum absolute atomic E-state index is 14.1. The minimum Gasteiger partial charge on any atom is -0.308 e. The number of benzene rings is 1. The molecule has 1 N–H and O–H groups in total. The summed E-state index contributed by atoms with van der Waals surface area (Å²) in [7, 11) is 0. The van der Waals surface area contributed by atoms with E-state index in [1.807, 2.05) is 12.1 Å². The second kappa shape index (κ2) is 4.46. The lowest BCUT2D eigenvalue weighted by atomic mass is 9.88. The van der Waals surface area contributed by atoms with Crippen molar-refractivity contribution >= 4 is 15.9 Å². The van der Waals surface area contributed by atoms with Crippen LogP contribution in [0.2, 0.25) is 0 Å². The summed E-state index contributed by atoms with van der Waals surface area (Å²) in [6, 6.07) is 3.87. The predicted octanol–water partition coefficient (Wildman–Crippen LogP) is 3.75. The Bertz CT molecular complexity index is 397. The molecule has 2 rings (SSSR count). The summed E-state index contributed by atoms with van der Waals surface area (Å²) in [4.78, 5) is 0. The van der Waals surface area contributed by atoms with E-state index in [0.29, 0.717) is 4.47 Å². The minimum absolute atomic E-state index is 0.117. The normalized spacial score (nSPS) is 25.0. The van der Waals surface area contributed by atoms with Crippen molar-refractivity contribution < 1.29 is 4.39 Å². The van der Waals surface area contributed by atoms with E-state index in [1.54, 1.807) is 0 Å². The molecule has 1 atom stereocenters. The molecule has 16 heavy (non-hydrogen) atoms. The van der Waals surface area contributed by atoms with Crippen LogP contribution in [0.5, 0.6) is 0 Å². The molecule has 1 aromatic rings. The maximum atomic E-state index is 14.1. The van der Waals surface area contributed by atoms with Gasteiger partial charge in [-0.1, -0.05) is 13.0 Å². The summed E-state index contributed by atoms with van der Waals surface area (Å²) >= 11 is 3.31. The number of hydrogen-bond donors (Lipinski definition) is 1. The van der Waals surface area contributed by atoms with Gasteiger partial charge in [-0.3, -0.25) is 0 Å². The van der Waals surface area contributed by atoms with Crippen LogP contribution in [0, 0.1) is 5.82 Å². The van der Waals surface area contributed by atoms with Gasteiger partial charge >= 0.3 is 0 Å². The van der Waals surface area contributed by atoms with Crippen LogP contribution in [0.15, 0.2) is 16.6 Å². The first-order valence-electron chi connectivity index (χ1n) is 5.80. The maximum Gasteiger partial charge on any atom is 0.142 e. The Morgan fingerprint density at radius 1 is 1.50 bits per heavy atom. The molecular weight excluding hydrogens is 269 g/mol. The number of aryl methyl sites for hydroxylation is 1. The van der Waals surface area contributed by atoms with Crippen LogP contribution >= 0.6 is 15.9 Å². The number of rotatable bonds is 2. The van der Waals surface area contributed by atoms with Crippen LogP contribution in [0.1, 0.15) is 37.8 Å². The first kappa shape index (κ1) is 12.1. The smallest absolute Gasteiger partial charge is 0.142 e. The van der Waals surface area contributed by atoms with Crippen LogP contribution in [0.4, 0.5) is 4.39 Å². The second-order valence-electron chi connectivity index (χ2n) is 4.66. The third-order valence-electron chi connectivity index (χ3n) is 3.46. The zero-order valence-electron chi connectivity index (χ0n) is 9.74. The van der Waals surface area contributed by atoms with Gasteiger partial charge in [-0.15, -0.1) is 0 Å². The molecule has 1 fully saturated rings. The molecule has 1 unspecified atom stereocenters. The van der Waals surface area contributed by atoms with Gasteiger partial charge in [0.1, 0.15) is 5.82 Å². The van der Waals surface area contributed by atoms with Gasteiger partial charge in [0.2, 0.25) is 0 Å². The van der Waals surface area contributed by atoms with E-state index < -0.39 is 0 Å². The average Bonchev–Trinajstić information content (AvgIpc) is 2.70. The van der Waals surface area contributed by atoms with E-state index in [0.717, 1.165) is 31.4 Å². The Morgan fingerprint density at radius 2 is 2.25 bits per heavy atom.